The van der Waals surface area contributed by atoms with Gasteiger partial charge in [-0.3, -0.25) is 4.79 Å². The molecule has 0 saturated heterocycles. The monoisotopic (exact) mass is 234 g/mol. The first-order chi connectivity index (χ1) is 8.16. The van der Waals surface area contributed by atoms with Crippen molar-refractivity contribution in [3.8, 4) is 0 Å². The van der Waals surface area contributed by atoms with E-state index in [4.69, 9.17) is 0 Å². The summed E-state index contributed by atoms with van der Waals surface area (Å²) in [6, 6.07) is 5.79. The zero-order valence-electron chi connectivity index (χ0n) is 9.14. The fraction of sp³-hybridized carbons (Fsp3) is 0.182. The fourth-order valence-corrected chi connectivity index (χ4v) is 1.44. The predicted molar refractivity (Wildman–Crippen MR) is 58.7 cm³/mol. The molecule has 88 valence electrons. The lowest BCUT2D eigenvalue weighted by Crippen LogP contribution is -2.27. The minimum Gasteiger partial charge on any atom is -0.344 e. The standard InChI is InChI=1S/C11H11FN4O/c1-7(8-3-2-4-9(12)5-8)14-11(17)10-6-13-16-15-10/h2-7H,1H3,(H,14,17)(H,13,15,16). The van der Waals surface area contributed by atoms with Crippen LogP contribution in [0.2, 0.25) is 0 Å². The molecule has 0 radical (unpaired) electrons. The van der Waals surface area contributed by atoms with Crippen molar-refractivity contribution in [2.75, 3.05) is 0 Å². The molecule has 0 aliphatic heterocycles. The Bertz CT molecular complexity index is 512. The lowest BCUT2D eigenvalue weighted by molar-refractivity contribution is 0.0934. The van der Waals surface area contributed by atoms with Gasteiger partial charge in [-0.25, -0.2) is 4.39 Å². The third-order valence-corrected chi connectivity index (χ3v) is 2.34. The molecular weight excluding hydrogens is 223 g/mol. The van der Waals surface area contributed by atoms with Gasteiger partial charge in [0.05, 0.1) is 12.2 Å². The molecule has 2 aromatic rings. The smallest absolute Gasteiger partial charge is 0.273 e. The molecule has 6 heteroatoms. The number of aromatic amines is 1. The van der Waals surface area contributed by atoms with E-state index >= 15 is 0 Å². The second kappa shape index (κ2) is 4.73. The summed E-state index contributed by atoms with van der Waals surface area (Å²) in [7, 11) is 0. The summed E-state index contributed by atoms with van der Waals surface area (Å²) in [6.07, 6.45) is 1.33. The van der Waals surface area contributed by atoms with Gasteiger partial charge in [-0.05, 0) is 24.6 Å². The van der Waals surface area contributed by atoms with E-state index in [9.17, 15) is 9.18 Å². The molecule has 5 nitrogen and oxygen atoms in total. The molecule has 0 bridgehead atoms. The van der Waals surface area contributed by atoms with Crippen LogP contribution < -0.4 is 5.32 Å². The molecule has 0 aliphatic rings. The van der Waals surface area contributed by atoms with Crippen molar-refractivity contribution in [2.24, 2.45) is 0 Å². The maximum absolute atomic E-state index is 13.0. The molecule has 1 aromatic heterocycles. The van der Waals surface area contributed by atoms with Crippen molar-refractivity contribution in [2.45, 2.75) is 13.0 Å². The van der Waals surface area contributed by atoms with E-state index in [1.807, 2.05) is 0 Å². The van der Waals surface area contributed by atoms with Crippen molar-refractivity contribution in [3.05, 3.63) is 47.5 Å². The van der Waals surface area contributed by atoms with E-state index in [1.54, 1.807) is 19.1 Å². The van der Waals surface area contributed by atoms with Crippen molar-refractivity contribution < 1.29 is 9.18 Å². The van der Waals surface area contributed by atoms with Gasteiger partial charge < -0.3 is 5.32 Å². The summed E-state index contributed by atoms with van der Waals surface area (Å²) >= 11 is 0. The molecule has 1 unspecified atom stereocenters. The Kier molecular flexibility index (Phi) is 3.13. The zero-order valence-corrected chi connectivity index (χ0v) is 9.14. The number of nitrogens with zero attached hydrogens (tertiary/aromatic N) is 2. The molecule has 1 aromatic carbocycles. The Balaban J connectivity index is 2.07. The van der Waals surface area contributed by atoms with Gasteiger partial charge in [-0.2, -0.15) is 15.4 Å². The number of rotatable bonds is 3. The first kappa shape index (κ1) is 11.3. The molecule has 0 fully saturated rings. The fourth-order valence-electron chi connectivity index (χ4n) is 1.44. The number of benzene rings is 1. The van der Waals surface area contributed by atoms with Gasteiger partial charge in [-0.15, -0.1) is 0 Å². The van der Waals surface area contributed by atoms with E-state index < -0.39 is 0 Å². The summed E-state index contributed by atoms with van der Waals surface area (Å²) in [6.45, 7) is 1.77. The average Bonchev–Trinajstić information content (AvgIpc) is 2.82. The third kappa shape index (κ3) is 2.66. The largest absolute Gasteiger partial charge is 0.344 e. The van der Waals surface area contributed by atoms with Crippen LogP contribution in [-0.2, 0) is 0 Å². The summed E-state index contributed by atoms with van der Waals surface area (Å²) in [5.74, 6) is -0.680. The van der Waals surface area contributed by atoms with Crippen molar-refractivity contribution in [1.29, 1.82) is 0 Å². The highest BCUT2D eigenvalue weighted by molar-refractivity contribution is 5.92. The van der Waals surface area contributed by atoms with Gasteiger partial charge in [0.1, 0.15) is 5.82 Å². The Morgan fingerprint density at radius 2 is 2.35 bits per heavy atom. The first-order valence-corrected chi connectivity index (χ1v) is 5.09. The Morgan fingerprint density at radius 1 is 1.53 bits per heavy atom. The minimum atomic E-state index is -0.351. The maximum Gasteiger partial charge on any atom is 0.273 e. The van der Waals surface area contributed by atoms with Gasteiger partial charge in [0.2, 0.25) is 0 Å². The molecule has 2 rings (SSSR count). The number of amides is 1. The molecule has 1 heterocycles. The first-order valence-electron chi connectivity index (χ1n) is 5.09. The quantitative estimate of drug-likeness (QED) is 0.844. The van der Waals surface area contributed by atoms with Gasteiger partial charge in [0, 0.05) is 0 Å². The van der Waals surface area contributed by atoms with Crippen molar-refractivity contribution >= 4 is 5.91 Å². The molecule has 0 spiro atoms. The number of hydrogen-bond donors (Lipinski definition) is 2. The maximum atomic E-state index is 13.0. The molecule has 1 amide bonds. The van der Waals surface area contributed by atoms with Crippen LogP contribution in [-0.4, -0.2) is 21.3 Å². The molecular formula is C11H11FN4O. The highest BCUT2D eigenvalue weighted by atomic mass is 19.1. The molecule has 1 atom stereocenters. The van der Waals surface area contributed by atoms with E-state index in [1.165, 1.54) is 18.3 Å². The summed E-state index contributed by atoms with van der Waals surface area (Å²) < 4.78 is 13.0. The Labute approximate surface area is 97.0 Å². The van der Waals surface area contributed by atoms with Gasteiger partial charge in [-0.1, -0.05) is 12.1 Å². The van der Waals surface area contributed by atoms with Crippen LogP contribution in [0.5, 0.6) is 0 Å². The number of carbonyl (C=O) groups excluding carboxylic acids is 1. The lowest BCUT2D eigenvalue weighted by Gasteiger charge is -2.13. The predicted octanol–water partition coefficient (Wildman–Crippen LogP) is 1.43. The van der Waals surface area contributed by atoms with Crippen molar-refractivity contribution in [3.63, 3.8) is 0 Å². The highest BCUT2D eigenvalue weighted by Crippen LogP contribution is 2.13. The van der Waals surface area contributed by atoms with E-state index in [0.29, 0.717) is 5.56 Å². The highest BCUT2D eigenvalue weighted by Gasteiger charge is 2.13. The number of nitrogens with one attached hydrogen (secondary N) is 2. The van der Waals surface area contributed by atoms with Crippen LogP contribution in [0.3, 0.4) is 0 Å². The van der Waals surface area contributed by atoms with Crippen LogP contribution in [0.1, 0.15) is 29.0 Å². The molecule has 2 N–H and O–H groups in total. The minimum absolute atomic E-state index is 0.202. The van der Waals surface area contributed by atoms with E-state index in [0.717, 1.165) is 0 Å². The molecule has 17 heavy (non-hydrogen) atoms. The van der Waals surface area contributed by atoms with Crippen LogP contribution in [0.4, 0.5) is 4.39 Å². The van der Waals surface area contributed by atoms with Crippen LogP contribution in [0.25, 0.3) is 0 Å². The normalized spacial score (nSPS) is 12.1. The number of halogens is 1. The lowest BCUT2D eigenvalue weighted by atomic mass is 10.1. The number of hydrogen-bond acceptors (Lipinski definition) is 3. The van der Waals surface area contributed by atoms with Crippen LogP contribution in [0.15, 0.2) is 30.5 Å². The Hall–Kier alpha value is -2.24. The average molecular weight is 234 g/mol. The van der Waals surface area contributed by atoms with Gasteiger partial charge >= 0.3 is 0 Å². The number of H-pyrrole nitrogens is 1. The summed E-state index contributed by atoms with van der Waals surface area (Å²) in [5, 5.41) is 12.2. The second-order valence-corrected chi connectivity index (χ2v) is 3.61. The van der Waals surface area contributed by atoms with Gasteiger partial charge in [0.15, 0.2) is 5.69 Å². The summed E-state index contributed by atoms with van der Waals surface area (Å²) in [4.78, 5) is 11.6. The second-order valence-electron chi connectivity index (χ2n) is 3.61. The molecule has 0 saturated carbocycles. The van der Waals surface area contributed by atoms with Crippen LogP contribution >= 0.6 is 0 Å². The molecule has 0 aliphatic carbocycles. The third-order valence-electron chi connectivity index (χ3n) is 2.34. The van der Waals surface area contributed by atoms with Crippen molar-refractivity contribution in [1.82, 2.24) is 20.7 Å². The topological polar surface area (TPSA) is 70.7 Å². The SMILES string of the molecule is CC(NC(=O)c1cn[nH]n1)c1cccc(F)c1. The van der Waals surface area contributed by atoms with Crippen LogP contribution in [0, 0.1) is 5.82 Å². The van der Waals surface area contributed by atoms with E-state index in [-0.39, 0.29) is 23.5 Å². The number of carbonyl (C=O) groups is 1. The Morgan fingerprint density at radius 3 is 3.00 bits per heavy atom. The summed E-state index contributed by atoms with van der Waals surface area (Å²) in [5.41, 5.74) is 0.898. The van der Waals surface area contributed by atoms with E-state index in [2.05, 4.69) is 20.7 Å². The zero-order chi connectivity index (χ0) is 12.3. The van der Waals surface area contributed by atoms with Gasteiger partial charge in [0.25, 0.3) is 5.91 Å². The number of aromatic nitrogens is 3.